The standard InChI is InChI=1S/C22H19ClF2N6O2/c1-9(27-10(2)32)17-20(25)19(23)18(14-8-26-29-21(14)17)11-3-4-31-12(5-11)6-16(30-31)28-22(33)13-7-15(13)24/h3-6,8-9,13,15H,7H2,1-2H3,(H,26,29)(H,27,32)(H,28,30,33). The fourth-order valence-electron chi connectivity index (χ4n) is 4.07. The van der Waals surface area contributed by atoms with Crippen LogP contribution in [0.15, 0.2) is 30.6 Å². The number of rotatable bonds is 5. The summed E-state index contributed by atoms with van der Waals surface area (Å²) in [4.78, 5) is 23.5. The van der Waals surface area contributed by atoms with Crippen LogP contribution in [0.2, 0.25) is 5.02 Å². The third-order valence-electron chi connectivity index (χ3n) is 5.73. The van der Waals surface area contributed by atoms with Gasteiger partial charge in [0.25, 0.3) is 0 Å². The number of aromatic nitrogens is 4. The van der Waals surface area contributed by atoms with Crippen molar-refractivity contribution in [2.75, 3.05) is 5.32 Å². The van der Waals surface area contributed by atoms with Gasteiger partial charge in [-0.05, 0) is 31.0 Å². The van der Waals surface area contributed by atoms with Crippen LogP contribution in [0, 0.1) is 11.7 Å². The van der Waals surface area contributed by atoms with Gasteiger partial charge in [-0.2, -0.15) is 10.2 Å². The molecule has 3 atom stereocenters. The Balaban J connectivity index is 1.57. The highest BCUT2D eigenvalue weighted by Crippen LogP contribution is 2.41. The molecule has 1 saturated carbocycles. The lowest BCUT2D eigenvalue weighted by molar-refractivity contribution is -0.119. The molecule has 11 heteroatoms. The summed E-state index contributed by atoms with van der Waals surface area (Å²) >= 11 is 6.49. The summed E-state index contributed by atoms with van der Waals surface area (Å²) in [5.74, 6) is -1.69. The van der Waals surface area contributed by atoms with Crippen LogP contribution >= 0.6 is 11.6 Å². The van der Waals surface area contributed by atoms with Crippen molar-refractivity contribution in [1.29, 1.82) is 0 Å². The summed E-state index contributed by atoms with van der Waals surface area (Å²) in [6.45, 7) is 3.02. The molecule has 0 saturated heterocycles. The van der Waals surface area contributed by atoms with Gasteiger partial charge in [0, 0.05) is 35.7 Å². The summed E-state index contributed by atoms with van der Waals surface area (Å²) < 4.78 is 30.1. The smallest absolute Gasteiger partial charge is 0.231 e. The summed E-state index contributed by atoms with van der Waals surface area (Å²) in [6, 6.07) is 4.48. The van der Waals surface area contributed by atoms with Gasteiger partial charge in [-0.15, -0.1) is 0 Å². The summed E-state index contributed by atoms with van der Waals surface area (Å²) in [5, 5.41) is 16.9. The van der Waals surface area contributed by atoms with E-state index in [1.807, 2.05) is 0 Å². The number of carbonyl (C=O) groups excluding carboxylic acids is 2. The number of hydrogen-bond acceptors (Lipinski definition) is 4. The van der Waals surface area contributed by atoms with Crippen LogP contribution in [0.25, 0.3) is 27.5 Å². The first kappa shape index (κ1) is 21.3. The van der Waals surface area contributed by atoms with Gasteiger partial charge in [-0.1, -0.05) is 11.6 Å². The molecule has 1 fully saturated rings. The zero-order chi connectivity index (χ0) is 23.4. The molecule has 3 heterocycles. The number of halogens is 3. The van der Waals surface area contributed by atoms with Crippen molar-refractivity contribution in [3.8, 4) is 11.1 Å². The van der Waals surface area contributed by atoms with Crippen LogP contribution < -0.4 is 10.6 Å². The Morgan fingerprint density at radius 1 is 1.36 bits per heavy atom. The first-order valence-electron chi connectivity index (χ1n) is 10.3. The van der Waals surface area contributed by atoms with Crippen LogP contribution in [0.5, 0.6) is 0 Å². The molecule has 3 unspecified atom stereocenters. The van der Waals surface area contributed by atoms with Crippen molar-refractivity contribution < 1.29 is 18.4 Å². The van der Waals surface area contributed by atoms with Crippen LogP contribution in [0.3, 0.4) is 0 Å². The van der Waals surface area contributed by atoms with E-state index in [1.54, 1.807) is 42.0 Å². The van der Waals surface area contributed by atoms with Crippen molar-refractivity contribution in [1.82, 2.24) is 25.1 Å². The number of anilines is 1. The molecule has 1 aliphatic carbocycles. The monoisotopic (exact) mass is 472 g/mol. The molecule has 0 bridgehead atoms. The number of hydrogen-bond donors (Lipinski definition) is 3. The molecule has 8 nitrogen and oxygen atoms in total. The van der Waals surface area contributed by atoms with Crippen LogP contribution in [-0.2, 0) is 9.59 Å². The Morgan fingerprint density at radius 2 is 2.12 bits per heavy atom. The van der Waals surface area contributed by atoms with Gasteiger partial charge in [-0.25, -0.2) is 13.3 Å². The first-order chi connectivity index (χ1) is 15.7. The Bertz CT molecular complexity index is 1430. The van der Waals surface area contributed by atoms with Crippen molar-refractivity contribution >= 4 is 45.7 Å². The summed E-state index contributed by atoms with van der Waals surface area (Å²) in [6.07, 6.45) is 2.34. The van der Waals surface area contributed by atoms with Crippen molar-refractivity contribution in [3.05, 3.63) is 47.0 Å². The number of aromatic amines is 1. The molecule has 3 aromatic heterocycles. The number of pyridine rings is 1. The van der Waals surface area contributed by atoms with E-state index in [0.717, 1.165) is 0 Å². The van der Waals surface area contributed by atoms with Crippen molar-refractivity contribution in [2.24, 2.45) is 5.92 Å². The third-order valence-corrected chi connectivity index (χ3v) is 6.09. The number of nitrogens with zero attached hydrogens (tertiary/aromatic N) is 3. The predicted octanol–water partition coefficient (Wildman–Crippen LogP) is 4.16. The Kier molecular flexibility index (Phi) is 5.04. The molecule has 1 aromatic carbocycles. The zero-order valence-electron chi connectivity index (χ0n) is 17.6. The number of fused-ring (bicyclic) bond motifs is 2. The summed E-state index contributed by atoms with van der Waals surface area (Å²) in [5.41, 5.74) is 2.32. The van der Waals surface area contributed by atoms with E-state index < -0.39 is 29.9 Å². The van der Waals surface area contributed by atoms with Gasteiger partial charge in [0.2, 0.25) is 11.8 Å². The molecule has 4 aromatic rings. The van der Waals surface area contributed by atoms with Gasteiger partial charge in [0.15, 0.2) is 5.82 Å². The van der Waals surface area contributed by atoms with Gasteiger partial charge >= 0.3 is 0 Å². The first-order valence-corrected chi connectivity index (χ1v) is 10.7. The average molecular weight is 473 g/mol. The molecule has 0 spiro atoms. The number of nitrogens with one attached hydrogen (secondary N) is 3. The highest BCUT2D eigenvalue weighted by Gasteiger charge is 2.43. The minimum absolute atomic E-state index is 0.101. The molecular formula is C22H19ClF2N6O2. The average Bonchev–Trinajstić information content (AvgIpc) is 3.12. The molecule has 33 heavy (non-hydrogen) atoms. The number of H-pyrrole nitrogens is 1. The third kappa shape index (κ3) is 3.70. The minimum Gasteiger partial charge on any atom is -0.350 e. The van der Waals surface area contributed by atoms with Gasteiger partial charge < -0.3 is 10.6 Å². The van der Waals surface area contributed by atoms with E-state index in [0.29, 0.717) is 33.4 Å². The molecule has 3 N–H and O–H groups in total. The maximum absolute atomic E-state index is 15.4. The molecule has 2 amide bonds. The Hall–Kier alpha value is -3.53. The second-order valence-electron chi connectivity index (χ2n) is 8.16. The second-order valence-corrected chi connectivity index (χ2v) is 8.54. The highest BCUT2D eigenvalue weighted by molar-refractivity contribution is 6.35. The van der Waals surface area contributed by atoms with Crippen molar-refractivity contribution in [3.63, 3.8) is 0 Å². The maximum atomic E-state index is 15.4. The van der Waals surface area contributed by atoms with E-state index in [9.17, 15) is 14.0 Å². The number of benzene rings is 1. The zero-order valence-corrected chi connectivity index (χ0v) is 18.4. The van der Waals surface area contributed by atoms with Gasteiger partial charge in [-0.3, -0.25) is 14.7 Å². The van der Waals surface area contributed by atoms with Crippen LogP contribution in [0.4, 0.5) is 14.6 Å². The maximum Gasteiger partial charge on any atom is 0.231 e. The SMILES string of the molecule is CC(=O)NC(C)c1c(F)c(Cl)c(-c2ccn3nc(NC(=O)C4CC4F)cc3c2)c2cn[nH]c12. The number of carbonyl (C=O) groups is 2. The van der Waals surface area contributed by atoms with E-state index in [-0.39, 0.29) is 22.9 Å². The lowest BCUT2D eigenvalue weighted by Gasteiger charge is -2.18. The normalized spacial score (nSPS) is 18.5. The van der Waals surface area contributed by atoms with E-state index in [2.05, 4.69) is 25.9 Å². The summed E-state index contributed by atoms with van der Waals surface area (Å²) in [7, 11) is 0. The molecule has 170 valence electrons. The molecular weight excluding hydrogens is 454 g/mol. The minimum atomic E-state index is -1.10. The predicted molar refractivity (Wildman–Crippen MR) is 119 cm³/mol. The Morgan fingerprint density at radius 3 is 2.82 bits per heavy atom. The van der Waals surface area contributed by atoms with Crippen LogP contribution in [0.1, 0.15) is 31.9 Å². The van der Waals surface area contributed by atoms with Crippen molar-refractivity contribution in [2.45, 2.75) is 32.5 Å². The van der Waals surface area contributed by atoms with E-state index >= 15 is 4.39 Å². The second kappa shape index (κ2) is 7.80. The molecule has 0 aliphatic heterocycles. The van der Waals surface area contributed by atoms with E-state index in [1.165, 1.54) is 6.92 Å². The quantitative estimate of drug-likeness (QED) is 0.405. The fraction of sp³-hybridized carbons (Fsp3) is 0.273. The lowest BCUT2D eigenvalue weighted by atomic mass is 9.96. The topological polar surface area (TPSA) is 104 Å². The highest BCUT2D eigenvalue weighted by atomic mass is 35.5. The van der Waals surface area contributed by atoms with Gasteiger partial charge in [0.1, 0.15) is 12.0 Å². The lowest BCUT2D eigenvalue weighted by Crippen LogP contribution is -2.24. The Labute approximate surface area is 191 Å². The van der Waals surface area contributed by atoms with E-state index in [4.69, 9.17) is 11.6 Å². The van der Waals surface area contributed by atoms with Crippen LogP contribution in [-0.4, -0.2) is 37.8 Å². The molecule has 0 radical (unpaired) electrons. The number of amides is 2. The molecule has 1 aliphatic rings. The van der Waals surface area contributed by atoms with Gasteiger partial charge in [0.05, 0.1) is 34.2 Å². The number of alkyl halides is 1. The molecule has 5 rings (SSSR count). The fourth-order valence-corrected chi connectivity index (χ4v) is 4.38. The largest absolute Gasteiger partial charge is 0.350 e.